The Labute approximate surface area is 122 Å². The molecule has 0 saturated carbocycles. The van der Waals surface area contributed by atoms with Gasteiger partial charge in [-0.1, -0.05) is 0 Å². The second kappa shape index (κ2) is 5.66. The fourth-order valence-electron chi connectivity index (χ4n) is 1.35. The zero-order valence-electron chi connectivity index (χ0n) is 9.95. The van der Waals surface area contributed by atoms with Crippen molar-refractivity contribution in [3.05, 3.63) is 45.9 Å². The molecule has 0 atom stereocenters. The van der Waals surface area contributed by atoms with Gasteiger partial charge in [0.25, 0.3) is 0 Å². The summed E-state index contributed by atoms with van der Waals surface area (Å²) in [5.41, 5.74) is 6.63. The molecular weight excluding hydrogens is 331 g/mol. The second-order valence-electron chi connectivity index (χ2n) is 3.80. The first-order valence-corrected chi connectivity index (χ1v) is 6.89. The molecule has 2 rings (SSSR count). The van der Waals surface area contributed by atoms with Crippen molar-refractivity contribution in [2.24, 2.45) is 5.73 Å². The van der Waals surface area contributed by atoms with Crippen LogP contribution >= 0.6 is 27.7 Å². The maximum absolute atomic E-state index is 14.1. The zero-order valence-corrected chi connectivity index (χ0v) is 12.3. The van der Waals surface area contributed by atoms with Gasteiger partial charge in [0.1, 0.15) is 5.84 Å². The van der Waals surface area contributed by atoms with Crippen LogP contribution in [0.2, 0.25) is 0 Å². The Morgan fingerprint density at radius 2 is 2.00 bits per heavy atom. The molecule has 0 amide bonds. The molecule has 4 nitrogen and oxygen atoms in total. The van der Waals surface area contributed by atoms with Crippen LogP contribution in [0.5, 0.6) is 0 Å². The second-order valence-corrected chi connectivity index (χ2v) is 5.60. The molecule has 0 unspecified atom stereocenters. The number of nitrogens with zero attached hydrogens (tertiary/aromatic N) is 2. The highest BCUT2D eigenvalue weighted by atomic mass is 79.9. The fourth-order valence-corrected chi connectivity index (χ4v) is 2.78. The fraction of sp³-hybridized carbons (Fsp3) is 0.0833. The molecule has 1 aromatic heterocycles. The standard InChI is InChI=1S/C12H10BrFN4S/c1-6-4-17-12(18-5-6)19-8-3-2-7(11(15)16)9(13)10(8)14/h2-5H,1H3,(H3,15,16). The average Bonchev–Trinajstić information content (AvgIpc) is 2.37. The minimum Gasteiger partial charge on any atom is -0.384 e. The van der Waals surface area contributed by atoms with Gasteiger partial charge in [0, 0.05) is 18.0 Å². The van der Waals surface area contributed by atoms with E-state index in [0.29, 0.717) is 15.6 Å². The van der Waals surface area contributed by atoms with Crippen molar-refractivity contribution in [2.45, 2.75) is 17.0 Å². The van der Waals surface area contributed by atoms with Crippen LogP contribution in [0.4, 0.5) is 4.39 Å². The normalized spacial score (nSPS) is 10.5. The number of nitrogens with one attached hydrogen (secondary N) is 1. The number of hydrogen-bond acceptors (Lipinski definition) is 4. The van der Waals surface area contributed by atoms with Gasteiger partial charge in [0.05, 0.1) is 9.37 Å². The van der Waals surface area contributed by atoms with Crippen LogP contribution in [0.3, 0.4) is 0 Å². The Balaban J connectivity index is 2.34. The predicted octanol–water partition coefficient (Wildman–Crippen LogP) is 3.12. The van der Waals surface area contributed by atoms with E-state index in [1.54, 1.807) is 24.5 Å². The van der Waals surface area contributed by atoms with E-state index in [9.17, 15) is 4.39 Å². The summed E-state index contributed by atoms with van der Waals surface area (Å²) in [6, 6.07) is 3.15. The summed E-state index contributed by atoms with van der Waals surface area (Å²) in [4.78, 5) is 8.59. The molecule has 3 N–H and O–H groups in total. The number of benzene rings is 1. The first-order valence-electron chi connectivity index (χ1n) is 5.28. The van der Waals surface area contributed by atoms with Crippen molar-refractivity contribution in [3.63, 3.8) is 0 Å². The van der Waals surface area contributed by atoms with Crippen molar-refractivity contribution in [3.8, 4) is 0 Å². The molecular formula is C12H10BrFN4S. The van der Waals surface area contributed by atoms with Crippen molar-refractivity contribution >= 4 is 33.5 Å². The first-order chi connectivity index (χ1) is 8.99. The van der Waals surface area contributed by atoms with E-state index in [1.165, 1.54) is 0 Å². The zero-order chi connectivity index (χ0) is 14.0. The summed E-state index contributed by atoms with van der Waals surface area (Å²) < 4.78 is 14.3. The molecule has 0 aliphatic rings. The van der Waals surface area contributed by atoms with Gasteiger partial charge in [-0.3, -0.25) is 5.41 Å². The molecule has 0 saturated heterocycles. The SMILES string of the molecule is Cc1cnc(Sc2ccc(C(=N)N)c(Br)c2F)nc1. The Bertz CT molecular complexity index is 630. The maximum atomic E-state index is 14.1. The Hall–Kier alpha value is -1.47. The maximum Gasteiger partial charge on any atom is 0.192 e. The largest absolute Gasteiger partial charge is 0.384 e. The number of amidine groups is 1. The predicted molar refractivity (Wildman–Crippen MR) is 76.0 cm³/mol. The van der Waals surface area contributed by atoms with Crippen LogP contribution in [0, 0.1) is 18.2 Å². The highest BCUT2D eigenvalue weighted by Gasteiger charge is 2.14. The summed E-state index contributed by atoms with van der Waals surface area (Å²) in [6.07, 6.45) is 3.35. The molecule has 0 spiro atoms. The van der Waals surface area contributed by atoms with Gasteiger partial charge in [-0.25, -0.2) is 14.4 Å². The summed E-state index contributed by atoms with van der Waals surface area (Å²) >= 11 is 4.23. The van der Waals surface area contributed by atoms with Crippen LogP contribution in [0.25, 0.3) is 0 Å². The first kappa shape index (κ1) is 14.0. The molecule has 19 heavy (non-hydrogen) atoms. The number of rotatable bonds is 3. The lowest BCUT2D eigenvalue weighted by atomic mass is 10.2. The van der Waals surface area contributed by atoms with E-state index < -0.39 is 5.82 Å². The third-order valence-electron chi connectivity index (χ3n) is 2.30. The molecule has 1 heterocycles. The van der Waals surface area contributed by atoms with Crippen LogP contribution in [-0.4, -0.2) is 15.8 Å². The molecule has 1 aromatic carbocycles. The van der Waals surface area contributed by atoms with Gasteiger partial charge in [0.2, 0.25) is 0 Å². The Morgan fingerprint density at radius 1 is 1.37 bits per heavy atom. The summed E-state index contributed by atoms with van der Waals surface area (Å²) in [5, 5.41) is 7.80. The van der Waals surface area contributed by atoms with Crippen molar-refractivity contribution in [2.75, 3.05) is 0 Å². The highest BCUT2D eigenvalue weighted by molar-refractivity contribution is 9.10. The smallest absolute Gasteiger partial charge is 0.192 e. The van der Waals surface area contributed by atoms with Crippen LogP contribution in [0.15, 0.2) is 39.1 Å². The van der Waals surface area contributed by atoms with Crippen LogP contribution in [-0.2, 0) is 0 Å². The minimum absolute atomic E-state index is 0.178. The Kier molecular flexibility index (Phi) is 4.16. The topological polar surface area (TPSA) is 75.7 Å². The number of aryl methyl sites for hydroxylation is 1. The summed E-state index contributed by atoms with van der Waals surface area (Å²) in [7, 11) is 0. The molecule has 7 heteroatoms. The lowest BCUT2D eigenvalue weighted by Gasteiger charge is -2.07. The highest BCUT2D eigenvalue weighted by Crippen LogP contribution is 2.32. The molecule has 2 aromatic rings. The third-order valence-corrected chi connectivity index (χ3v) is 4.00. The van der Waals surface area contributed by atoms with E-state index in [-0.39, 0.29) is 10.3 Å². The van der Waals surface area contributed by atoms with Crippen molar-refractivity contribution < 1.29 is 4.39 Å². The van der Waals surface area contributed by atoms with Gasteiger partial charge in [-0.05, 0) is 52.3 Å². The summed E-state index contributed by atoms with van der Waals surface area (Å²) in [6.45, 7) is 1.88. The Morgan fingerprint density at radius 3 is 2.58 bits per heavy atom. The number of nitrogen functional groups attached to an aromatic ring is 1. The van der Waals surface area contributed by atoms with Crippen molar-refractivity contribution in [1.29, 1.82) is 5.41 Å². The van der Waals surface area contributed by atoms with Crippen LogP contribution < -0.4 is 5.73 Å². The molecule has 0 aliphatic carbocycles. The lowest BCUT2D eigenvalue weighted by Crippen LogP contribution is -2.12. The van der Waals surface area contributed by atoms with E-state index >= 15 is 0 Å². The van der Waals surface area contributed by atoms with Gasteiger partial charge in [0.15, 0.2) is 11.0 Å². The average molecular weight is 341 g/mol. The monoisotopic (exact) mass is 340 g/mol. The lowest BCUT2D eigenvalue weighted by molar-refractivity contribution is 0.594. The van der Waals surface area contributed by atoms with E-state index in [0.717, 1.165) is 17.3 Å². The van der Waals surface area contributed by atoms with Crippen LogP contribution in [0.1, 0.15) is 11.1 Å². The van der Waals surface area contributed by atoms with E-state index in [1.807, 2.05) is 6.92 Å². The summed E-state index contributed by atoms with van der Waals surface area (Å²) in [5.74, 6) is -0.657. The molecule has 0 radical (unpaired) electrons. The van der Waals surface area contributed by atoms with Gasteiger partial charge in [-0.15, -0.1) is 0 Å². The minimum atomic E-state index is -0.470. The number of nitrogens with two attached hydrogens (primary N) is 1. The molecule has 0 fully saturated rings. The van der Waals surface area contributed by atoms with Gasteiger partial charge >= 0.3 is 0 Å². The quantitative estimate of drug-likeness (QED) is 0.511. The number of hydrogen-bond donors (Lipinski definition) is 2. The number of aromatic nitrogens is 2. The molecule has 0 aliphatic heterocycles. The molecule has 98 valence electrons. The van der Waals surface area contributed by atoms with Crippen molar-refractivity contribution in [1.82, 2.24) is 9.97 Å². The third kappa shape index (κ3) is 3.10. The van der Waals surface area contributed by atoms with E-state index in [4.69, 9.17) is 11.1 Å². The van der Waals surface area contributed by atoms with Gasteiger partial charge in [-0.2, -0.15) is 0 Å². The van der Waals surface area contributed by atoms with E-state index in [2.05, 4.69) is 25.9 Å². The molecule has 0 bridgehead atoms. The number of halogens is 2. The van der Waals surface area contributed by atoms with Gasteiger partial charge < -0.3 is 5.73 Å².